The molecule has 0 saturated heterocycles. The van der Waals surface area contributed by atoms with Gasteiger partial charge in [-0.05, 0) is 20.3 Å². The number of hydrogen-bond donors (Lipinski definition) is 2. The maximum Gasteiger partial charge on any atom is 0.398 e. The van der Waals surface area contributed by atoms with Gasteiger partial charge in [0.25, 0.3) is 0 Å². The van der Waals surface area contributed by atoms with E-state index in [1.165, 1.54) is 13.8 Å². The third-order valence-corrected chi connectivity index (χ3v) is 2.71. The molecule has 0 rings (SSSR count). The molecule has 0 bridgehead atoms. The highest BCUT2D eigenvalue weighted by Crippen LogP contribution is 2.24. The van der Waals surface area contributed by atoms with Gasteiger partial charge in [0.05, 0.1) is 0 Å². The second-order valence-electron chi connectivity index (χ2n) is 4.03. The summed E-state index contributed by atoms with van der Waals surface area (Å²) in [6.45, 7) is 7.92. The van der Waals surface area contributed by atoms with Crippen molar-refractivity contribution in [3.63, 3.8) is 0 Å². The second-order valence-corrected chi connectivity index (χ2v) is 5.05. The highest BCUT2D eigenvalue weighted by atomic mass is 32.3. The molecule has 1 unspecified atom stereocenters. The van der Waals surface area contributed by atoms with Crippen molar-refractivity contribution in [3.8, 4) is 0 Å². The first-order valence-electron chi connectivity index (χ1n) is 5.13. The Morgan fingerprint density at radius 3 is 2.33 bits per heavy atom. The minimum Gasteiger partial charge on any atom is -0.456 e. The van der Waals surface area contributed by atoms with Crippen molar-refractivity contribution in [3.05, 3.63) is 12.7 Å². The van der Waals surface area contributed by atoms with Crippen LogP contribution in [0.2, 0.25) is 0 Å². The molecule has 0 saturated carbocycles. The number of rotatable bonds is 7. The summed E-state index contributed by atoms with van der Waals surface area (Å²) >= 11 is 0. The van der Waals surface area contributed by atoms with E-state index in [2.05, 4.69) is 10.8 Å². The van der Waals surface area contributed by atoms with Gasteiger partial charge in [-0.3, -0.25) is 4.55 Å². The zero-order chi connectivity index (χ0) is 13.7. The zero-order valence-corrected chi connectivity index (χ0v) is 11.7. The quantitative estimate of drug-likeness (QED) is 0.413. The molecule has 0 aromatic rings. The lowest BCUT2D eigenvalue weighted by Gasteiger charge is -2.31. The Kier molecular flexibility index (Phi) is 8.04. The Bertz CT molecular complexity index is 376. The molecular formula is C10H21NO6S. The van der Waals surface area contributed by atoms with Crippen molar-refractivity contribution in [2.75, 3.05) is 0 Å². The van der Waals surface area contributed by atoms with Gasteiger partial charge in [0.1, 0.15) is 11.7 Å². The van der Waals surface area contributed by atoms with E-state index >= 15 is 0 Å². The number of esters is 1. The maximum atomic E-state index is 11.1. The van der Waals surface area contributed by atoms with Crippen LogP contribution in [0, 0.1) is 0 Å². The van der Waals surface area contributed by atoms with Crippen molar-refractivity contribution in [1.82, 2.24) is 6.15 Å². The average molecular weight is 283 g/mol. The SMILES string of the molecule is C=CC(=O)OC(CCC)C(C)(C)OS(=O)(=O)O.N. The highest BCUT2D eigenvalue weighted by Gasteiger charge is 2.36. The summed E-state index contributed by atoms with van der Waals surface area (Å²) in [4.78, 5) is 11.1. The van der Waals surface area contributed by atoms with Gasteiger partial charge in [-0.1, -0.05) is 19.9 Å². The topological polar surface area (TPSA) is 125 Å². The molecule has 0 radical (unpaired) electrons. The van der Waals surface area contributed by atoms with Crippen LogP contribution in [-0.4, -0.2) is 30.6 Å². The van der Waals surface area contributed by atoms with E-state index in [1.54, 1.807) is 0 Å². The van der Waals surface area contributed by atoms with Gasteiger partial charge in [-0.15, -0.1) is 0 Å². The first-order chi connectivity index (χ1) is 7.62. The summed E-state index contributed by atoms with van der Waals surface area (Å²) in [6, 6.07) is 0. The van der Waals surface area contributed by atoms with Gasteiger partial charge < -0.3 is 10.9 Å². The fourth-order valence-corrected chi connectivity index (χ4v) is 1.97. The predicted octanol–water partition coefficient (Wildman–Crippen LogP) is 1.64. The van der Waals surface area contributed by atoms with Crippen LogP contribution in [0.3, 0.4) is 0 Å². The second kappa shape index (κ2) is 7.47. The summed E-state index contributed by atoms with van der Waals surface area (Å²) in [7, 11) is -4.60. The van der Waals surface area contributed by atoms with E-state index in [0.717, 1.165) is 6.08 Å². The lowest BCUT2D eigenvalue weighted by Crippen LogP contribution is -2.43. The third kappa shape index (κ3) is 7.38. The molecular weight excluding hydrogens is 262 g/mol. The molecule has 0 aromatic heterocycles. The lowest BCUT2D eigenvalue weighted by molar-refractivity contribution is -0.154. The molecule has 8 heteroatoms. The van der Waals surface area contributed by atoms with Gasteiger partial charge in [0.2, 0.25) is 0 Å². The van der Waals surface area contributed by atoms with Crippen LogP contribution >= 0.6 is 0 Å². The molecule has 0 heterocycles. The Morgan fingerprint density at radius 2 is 2.00 bits per heavy atom. The molecule has 7 nitrogen and oxygen atoms in total. The fourth-order valence-electron chi connectivity index (χ4n) is 1.32. The summed E-state index contributed by atoms with van der Waals surface area (Å²) in [6.07, 6.45) is 1.25. The summed E-state index contributed by atoms with van der Waals surface area (Å²) in [5.74, 6) is -0.671. The first kappa shape index (κ1) is 19.4. The smallest absolute Gasteiger partial charge is 0.398 e. The molecule has 0 aliphatic carbocycles. The average Bonchev–Trinajstić information content (AvgIpc) is 2.13. The van der Waals surface area contributed by atoms with Crippen molar-refractivity contribution >= 4 is 16.4 Å². The predicted molar refractivity (Wildman–Crippen MR) is 66.7 cm³/mol. The number of ether oxygens (including phenoxy) is 1. The molecule has 0 fully saturated rings. The largest absolute Gasteiger partial charge is 0.456 e. The van der Waals surface area contributed by atoms with E-state index in [9.17, 15) is 13.2 Å². The Labute approximate surface area is 108 Å². The van der Waals surface area contributed by atoms with Gasteiger partial charge in [-0.25, -0.2) is 8.98 Å². The lowest BCUT2D eigenvalue weighted by atomic mass is 9.98. The van der Waals surface area contributed by atoms with Crippen LogP contribution < -0.4 is 6.15 Å². The van der Waals surface area contributed by atoms with Crippen LogP contribution in [0.15, 0.2) is 12.7 Å². The maximum absolute atomic E-state index is 11.1. The number of carbonyl (C=O) groups excluding carboxylic acids is 1. The highest BCUT2D eigenvalue weighted by molar-refractivity contribution is 7.80. The summed E-state index contributed by atoms with van der Waals surface area (Å²) in [5, 5.41) is 0. The van der Waals surface area contributed by atoms with Crippen LogP contribution in [0.1, 0.15) is 33.6 Å². The van der Waals surface area contributed by atoms with Gasteiger partial charge in [0.15, 0.2) is 0 Å². The van der Waals surface area contributed by atoms with Crippen LogP contribution in [0.5, 0.6) is 0 Å². The molecule has 0 aliphatic heterocycles. The summed E-state index contributed by atoms with van der Waals surface area (Å²) in [5.41, 5.74) is -1.34. The molecule has 0 aromatic carbocycles. The van der Waals surface area contributed by atoms with Gasteiger partial charge in [0, 0.05) is 6.08 Å². The van der Waals surface area contributed by atoms with E-state index in [0.29, 0.717) is 12.8 Å². The standard InChI is InChI=1S/C10H18O6S.H3N/c1-5-7-8(15-9(11)6-2)10(3,4)16-17(12,13)14;/h6,8H,2,5,7H2,1,3-4H3,(H,12,13,14);1H3. The third-order valence-electron chi connectivity index (χ3n) is 2.07. The Hall–Kier alpha value is -0.960. The van der Waals surface area contributed by atoms with E-state index in [-0.39, 0.29) is 6.15 Å². The molecule has 108 valence electrons. The van der Waals surface area contributed by atoms with E-state index in [1.807, 2.05) is 6.92 Å². The van der Waals surface area contributed by atoms with Crippen molar-refractivity contribution in [2.45, 2.75) is 45.3 Å². The minimum atomic E-state index is -4.60. The first-order valence-corrected chi connectivity index (χ1v) is 6.50. The molecule has 0 aliphatic rings. The molecule has 1 atom stereocenters. The normalized spacial score (nSPS) is 13.3. The van der Waals surface area contributed by atoms with Crippen molar-refractivity contribution in [1.29, 1.82) is 0 Å². The number of carbonyl (C=O) groups is 1. The molecule has 4 N–H and O–H groups in total. The zero-order valence-electron chi connectivity index (χ0n) is 10.9. The van der Waals surface area contributed by atoms with Crippen LogP contribution in [0.4, 0.5) is 0 Å². The Balaban J connectivity index is 0. The van der Waals surface area contributed by atoms with Crippen LogP contribution in [0.25, 0.3) is 0 Å². The van der Waals surface area contributed by atoms with Gasteiger partial charge in [-0.2, -0.15) is 8.42 Å². The molecule has 18 heavy (non-hydrogen) atoms. The molecule has 0 spiro atoms. The molecule has 0 amide bonds. The van der Waals surface area contributed by atoms with Gasteiger partial charge >= 0.3 is 16.4 Å². The number of hydrogen-bond acceptors (Lipinski definition) is 6. The van der Waals surface area contributed by atoms with E-state index < -0.39 is 28.1 Å². The fraction of sp³-hybridized carbons (Fsp3) is 0.700. The Morgan fingerprint density at radius 1 is 1.50 bits per heavy atom. The van der Waals surface area contributed by atoms with E-state index in [4.69, 9.17) is 9.29 Å². The van der Waals surface area contributed by atoms with Crippen LogP contribution in [-0.2, 0) is 24.1 Å². The van der Waals surface area contributed by atoms with Crippen molar-refractivity contribution in [2.24, 2.45) is 0 Å². The van der Waals surface area contributed by atoms with Crippen molar-refractivity contribution < 1.29 is 26.7 Å². The monoisotopic (exact) mass is 283 g/mol. The summed E-state index contributed by atoms with van der Waals surface area (Å²) < 4.78 is 39.5. The minimum absolute atomic E-state index is 0.